The SMILES string of the molecule is O=C(Cc1cnc(N2CCC(CNC3CC3c3ccc(-c4cncnc4)cc3)CC2)nc1)NO. The first-order chi connectivity index (χ1) is 16.7. The first-order valence-corrected chi connectivity index (χ1v) is 11.8. The quantitative estimate of drug-likeness (QED) is 0.347. The van der Waals surface area contributed by atoms with E-state index in [1.807, 2.05) is 12.4 Å². The Morgan fingerprint density at radius 2 is 1.71 bits per heavy atom. The summed E-state index contributed by atoms with van der Waals surface area (Å²) in [5, 5.41) is 12.4. The Hall–Kier alpha value is -3.43. The van der Waals surface area contributed by atoms with Gasteiger partial charge in [0, 0.05) is 55.4 Å². The van der Waals surface area contributed by atoms with Gasteiger partial charge in [-0.2, -0.15) is 0 Å². The van der Waals surface area contributed by atoms with Crippen molar-refractivity contribution in [2.75, 3.05) is 24.5 Å². The Kier molecular flexibility index (Phi) is 6.73. The molecule has 1 aliphatic carbocycles. The normalized spacial score (nSPS) is 20.2. The van der Waals surface area contributed by atoms with Crippen molar-refractivity contribution in [2.24, 2.45) is 5.92 Å². The first kappa shape index (κ1) is 22.4. The number of hydrogen-bond acceptors (Lipinski definition) is 8. The molecule has 34 heavy (non-hydrogen) atoms. The van der Waals surface area contributed by atoms with Crippen LogP contribution < -0.4 is 15.7 Å². The number of aromatic nitrogens is 4. The fraction of sp³-hybridized carbons (Fsp3) is 0.400. The lowest BCUT2D eigenvalue weighted by Gasteiger charge is -2.32. The molecular formula is C25H29N7O2. The number of benzene rings is 1. The second-order valence-corrected chi connectivity index (χ2v) is 9.14. The van der Waals surface area contributed by atoms with Crippen molar-refractivity contribution in [1.29, 1.82) is 0 Å². The molecule has 1 aliphatic heterocycles. The average molecular weight is 460 g/mol. The molecule has 0 bridgehead atoms. The van der Waals surface area contributed by atoms with Gasteiger partial charge in [0.15, 0.2) is 0 Å². The number of nitrogens with zero attached hydrogens (tertiary/aromatic N) is 5. The molecule has 0 spiro atoms. The Morgan fingerprint density at radius 3 is 2.38 bits per heavy atom. The van der Waals surface area contributed by atoms with Crippen LogP contribution >= 0.6 is 0 Å². The molecule has 1 aromatic carbocycles. The van der Waals surface area contributed by atoms with Crippen LogP contribution in [0.3, 0.4) is 0 Å². The molecule has 3 N–H and O–H groups in total. The van der Waals surface area contributed by atoms with Crippen molar-refractivity contribution in [2.45, 2.75) is 37.6 Å². The number of hydrogen-bond donors (Lipinski definition) is 3. The fourth-order valence-corrected chi connectivity index (χ4v) is 4.64. The molecule has 2 fully saturated rings. The van der Waals surface area contributed by atoms with E-state index in [0.717, 1.165) is 43.6 Å². The molecule has 2 atom stereocenters. The third-order valence-electron chi connectivity index (χ3n) is 6.77. The largest absolute Gasteiger partial charge is 0.341 e. The van der Waals surface area contributed by atoms with E-state index in [2.05, 4.69) is 54.4 Å². The van der Waals surface area contributed by atoms with Crippen LogP contribution in [0.2, 0.25) is 0 Å². The molecule has 1 amide bonds. The van der Waals surface area contributed by atoms with Gasteiger partial charge in [-0.05, 0) is 48.4 Å². The van der Waals surface area contributed by atoms with E-state index in [1.165, 1.54) is 12.0 Å². The van der Waals surface area contributed by atoms with Crippen LogP contribution in [0.1, 0.15) is 36.3 Å². The van der Waals surface area contributed by atoms with Crippen molar-refractivity contribution in [3.05, 3.63) is 66.5 Å². The maximum atomic E-state index is 11.2. The molecule has 1 saturated heterocycles. The highest BCUT2D eigenvalue weighted by atomic mass is 16.5. The van der Waals surface area contributed by atoms with Crippen LogP contribution in [0.5, 0.6) is 0 Å². The molecule has 176 valence electrons. The molecular weight excluding hydrogens is 430 g/mol. The minimum atomic E-state index is -0.470. The van der Waals surface area contributed by atoms with Gasteiger partial charge < -0.3 is 10.2 Å². The summed E-state index contributed by atoms with van der Waals surface area (Å²) >= 11 is 0. The lowest BCUT2D eigenvalue weighted by Crippen LogP contribution is -2.38. The lowest BCUT2D eigenvalue weighted by molar-refractivity contribution is -0.128. The second kappa shape index (κ2) is 10.2. The highest BCUT2D eigenvalue weighted by Crippen LogP contribution is 2.41. The number of amides is 1. The minimum Gasteiger partial charge on any atom is -0.341 e. The highest BCUT2D eigenvalue weighted by Gasteiger charge is 2.38. The fourth-order valence-electron chi connectivity index (χ4n) is 4.64. The zero-order valence-corrected chi connectivity index (χ0v) is 19.0. The van der Waals surface area contributed by atoms with E-state index in [4.69, 9.17) is 5.21 Å². The molecule has 1 saturated carbocycles. The number of carbonyl (C=O) groups excluding carboxylic acids is 1. The summed E-state index contributed by atoms with van der Waals surface area (Å²) in [4.78, 5) is 30.4. The van der Waals surface area contributed by atoms with E-state index in [1.54, 1.807) is 24.2 Å². The summed E-state index contributed by atoms with van der Waals surface area (Å²) < 4.78 is 0. The first-order valence-electron chi connectivity index (χ1n) is 11.8. The highest BCUT2D eigenvalue weighted by molar-refractivity contribution is 5.77. The van der Waals surface area contributed by atoms with Gasteiger partial charge in [0.05, 0.1) is 6.42 Å². The number of piperidine rings is 1. The van der Waals surface area contributed by atoms with Crippen molar-refractivity contribution >= 4 is 11.9 Å². The summed E-state index contributed by atoms with van der Waals surface area (Å²) in [6.07, 6.45) is 12.0. The second-order valence-electron chi connectivity index (χ2n) is 9.14. The zero-order chi connectivity index (χ0) is 23.3. The Morgan fingerprint density at radius 1 is 1.00 bits per heavy atom. The number of rotatable bonds is 8. The van der Waals surface area contributed by atoms with Crippen LogP contribution in [0.15, 0.2) is 55.4 Å². The molecule has 2 unspecified atom stereocenters. The van der Waals surface area contributed by atoms with Gasteiger partial charge in [0.25, 0.3) is 0 Å². The minimum absolute atomic E-state index is 0.0683. The van der Waals surface area contributed by atoms with Gasteiger partial charge in [0.1, 0.15) is 6.33 Å². The lowest BCUT2D eigenvalue weighted by atomic mass is 9.97. The maximum absolute atomic E-state index is 11.2. The third kappa shape index (κ3) is 5.37. The summed E-state index contributed by atoms with van der Waals surface area (Å²) in [5.41, 5.74) is 5.89. The molecule has 2 aromatic heterocycles. The van der Waals surface area contributed by atoms with E-state index in [0.29, 0.717) is 29.4 Å². The van der Waals surface area contributed by atoms with Crippen LogP contribution in [0, 0.1) is 5.92 Å². The van der Waals surface area contributed by atoms with E-state index in [9.17, 15) is 4.79 Å². The monoisotopic (exact) mass is 459 g/mol. The number of hydroxylamine groups is 1. The molecule has 5 rings (SSSR count). The van der Waals surface area contributed by atoms with E-state index < -0.39 is 5.91 Å². The van der Waals surface area contributed by atoms with Gasteiger partial charge in [0.2, 0.25) is 11.9 Å². The van der Waals surface area contributed by atoms with Crippen LogP contribution in [0.4, 0.5) is 5.95 Å². The van der Waals surface area contributed by atoms with Gasteiger partial charge in [-0.3, -0.25) is 10.0 Å². The topological polar surface area (TPSA) is 116 Å². The smallest absolute Gasteiger partial charge is 0.247 e. The molecule has 0 radical (unpaired) electrons. The zero-order valence-electron chi connectivity index (χ0n) is 19.0. The Labute approximate surface area is 198 Å². The summed E-state index contributed by atoms with van der Waals surface area (Å²) in [7, 11) is 0. The van der Waals surface area contributed by atoms with Crippen molar-refractivity contribution < 1.29 is 10.0 Å². The standard InChI is InChI=1S/C25H29N7O2/c33-24(31-34)9-18-12-29-25(30-13-18)32-7-5-17(6-8-32)11-28-23-10-22(23)20-3-1-19(2-4-20)21-14-26-16-27-15-21/h1-4,12-17,22-23,28,34H,5-11H2,(H,31,33). The summed E-state index contributed by atoms with van der Waals surface area (Å²) in [6, 6.07) is 9.35. The third-order valence-corrected chi connectivity index (χ3v) is 6.77. The van der Waals surface area contributed by atoms with Crippen LogP contribution in [0.25, 0.3) is 11.1 Å². The maximum Gasteiger partial charge on any atom is 0.247 e. The van der Waals surface area contributed by atoms with E-state index in [-0.39, 0.29) is 6.42 Å². The number of nitrogens with one attached hydrogen (secondary N) is 2. The average Bonchev–Trinajstić information content (AvgIpc) is 3.68. The van der Waals surface area contributed by atoms with Gasteiger partial charge in [-0.1, -0.05) is 24.3 Å². The van der Waals surface area contributed by atoms with Gasteiger partial charge in [-0.25, -0.2) is 25.4 Å². The summed E-state index contributed by atoms with van der Waals surface area (Å²) in [5.74, 6) is 1.49. The van der Waals surface area contributed by atoms with Crippen molar-refractivity contribution in [1.82, 2.24) is 30.7 Å². The number of carbonyl (C=O) groups is 1. The van der Waals surface area contributed by atoms with Gasteiger partial charge >= 0.3 is 0 Å². The Balaban J connectivity index is 1.05. The van der Waals surface area contributed by atoms with Crippen LogP contribution in [-0.4, -0.2) is 56.7 Å². The van der Waals surface area contributed by atoms with E-state index >= 15 is 0 Å². The van der Waals surface area contributed by atoms with Crippen molar-refractivity contribution in [3.8, 4) is 11.1 Å². The molecule has 2 aliphatic rings. The molecule has 9 heteroatoms. The number of anilines is 1. The predicted molar refractivity (Wildman–Crippen MR) is 127 cm³/mol. The Bertz CT molecular complexity index is 1080. The molecule has 9 nitrogen and oxygen atoms in total. The molecule has 3 aromatic rings. The molecule has 3 heterocycles. The van der Waals surface area contributed by atoms with Gasteiger partial charge in [-0.15, -0.1) is 0 Å². The van der Waals surface area contributed by atoms with Crippen LogP contribution in [-0.2, 0) is 11.2 Å². The predicted octanol–water partition coefficient (Wildman–Crippen LogP) is 2.34. The summed E-state index contributed by atoms with van der Waals surface area (Å²) in [6.45, 7) is 2.91. The van der Waals surface area contributed by atoms with Crippen molar-refractivity contribution in [3.63, 3.8) is 0 Å².